The van der Waals surface area contributed by atoms with Crippen LogP contribution in [0.3, 0.4) is 0 Å². The Balaban J connectivity index is 2.65. The molecule has 0 aliphatic heterocycles. The lowest BCUT2D eigenvalue weighted by molar-refractivity contribution is 1.32. The zero-order valence-electron chi connectivity index (χ0n) is 8.74. The summed E-state index contributed by atoms with van der Waals surface area (Å²) in [7, 11) is 0. The molecule has 0 aliphatic carbocycles. The van der Waals surface area contributed by atoms with Crippen LogP contribution in [0.2, 0.25) is 0 Å². The van der Waals surface area contributed by atoms with E-state index in [1.54, 1.807) is 0 Å². The van der Waals surface area contributed by atoms with Gasteiger partial charge in [-0.2, -0.15) is 0 Å². The smallest absolute Gasteiger partial charge is 0.0541 e. The highest BCUT2D eigenvalue weighted by Gasteiger charge is 2.08. The van der Waals surface area contributed by atoms with Gasteiger partial charge in [0.25, 0.3) is 0 Å². The predicted molar refractivity (Wildman–Crippen MR) is 66.6 cm³/mol. The van der Waals surface area contributed by atoms with Crippen molar-refractivity contribution in [3.8, 4) is 0 Å². The van der Waals surface area contributed by atoms with Crippen LogP contribution in [0.4, 0.5) is 0 Å². The molecule has 1 nitrogen and oxygen atoms in total. The molecule has 0 fully saturated rings. The van der Waals surface area contributed by atoms with Crippen molar-refractivity contribution in [3.63, 3.8) is 0 Å². The van der Waals surface area contributed by atoms with Crippen LogP contribution in [0.25, 0.3) is 20.2 Å². The minimum absolute atomic E-state index is 1.27. The van der Waals surface area contributed by atoms with Gasteiger partial charge in [-0.1, -0.05) is 18.2 Å². The highest BCUT2D eigenvalue weighted by molar-refractivity contribution is 7.26. The fourth-order valence-corrected chi connectivity index (χ4v) is 3.27. The number of hydrogen-bond donors (Lipinski definition) is 0. The van der Waals surface area contributed by atoms with E-state index >= 15 is 0 Å². The lowest BCUT2D eigenvalue weighted by Gasteiger charge is -1.96. The Morgan fingerprint density at radius 1 is 1.07 bits per heavy atom. The molecule has 2 heteroatoms. The largest absolute Gasteiger partial charge is 0.263 e. The molecule has 3 rings (SSSR count). The first-order chi connectivity index (χ1) is 7.27. The lowest BCUT2D eigenvalue weighted by atomic mass is 10.1. The molecule has 0 saturated carbocycles. The summed E-state index contributed by atoms with van der Waals surface area (Å²) in [4.78, 5) is 4.25. The molecule has 15 heavy (non-hydrogen) atoms. The fraction of sp³-hybridized carbons (Fsp3) is 0.154. The Hall–Kier alpha value is -1.41. The van der Waals surface area contributed by atoms with Crippen LogP contribution in [-0.4, -0.2) is 4.98 Å². The molecule has 1 aromatic carbocycles. The van der Waals surface area contributed by atoms with E-state index in [0.29, 0.717) is 0 Å². The number of benzene rings is 1. The Morgan fingerprint density at radius 2 is 1.93 bits per heavy atom. The second-order valence-corrected chi connectivity index (χ2v) is 4.94. The molecule has 74 valence electrons. The van der Waals surface area contributed by atoms with Gasteiger partial charge in [0.15, 0.2) is 0 Å². The summed E-state index contributed by atoms with van der Waals surface area (Å²) in [5.74, 6) is 0. The summed E-state index contributed by atoms with van der Waals surface area (Å²) in [6, 6.07) is 6.50. The summed E-state index contributed by atoms with van der Waals surface area (Å²) in [5.41, 5.74) is 2.62. The van der Waals surface area contributed by atoms with Crippen LogP contribution in [0.15, 0.2) is 30.6 Å². The zero-order chi connectivity index (χ0) is 10.4. The summed E-state index contributed by atoms with van der Waals surface area (Å²) in [6.07, 6.45) is 3.91. The van der Waals surface area contributed by atoms with Gasteiger partial charge in [-0.25, -0.2) is 0 Å². The van der Waals surface area contributed by atoms with Crippen molar-refractivity contribution in [1.29, 1.82) is 0 Å². The van der Waals surface area contributed by atoms with Crippen molar-refractivity contribution >= 4 is 31.5 Å². The molecule has 0 N–H and O–H groups in total. The quantitative estimate of drug-likeness (QED) is 0.548. The highest BCUT2D eigenvalue weighted by Crippen LogP contribution is 2.36. The molecule has 0 radical (unpaired) electrons. The monoisotopic (exact) mass is 213 g/mol. The molecule has 0 saturated heterocycles. The first kappa shape index (κ1) is 8.86. The van der Waals surface area contributed by atoms with Crippen LogP contribution in [-0.2, 0) is 0 Å². The number of thiophene rings is 1. The van der Waals surface area contributed by atoms with E-state index < -0.39 is 0 Å². The van der Waals surface area contributed by atoms with Gasteiger partial charge >= 0.3 is 0 Å². The second kappa shape index (κ2) is 3.04. The van der Waals surface area contributed by atoms with Crippen LogP contribution in [0.5, 0.6) is 0 Å². The van der Waals surface area contributed by atoms with E-state index in [0.717, 1.165) is 0 Å². The number of aromatic nitrogens is 1. The molecule has 0 atom stereocenters. The van der Waals surface area contributed by atoms with E-state index in [1.807, 2.05) is 23.7 Å². The minimum atomic E-state index is 1.27. The molecular weight excluding hydrogens is 202 g/mol. The van der Waals surface area contributed by atoms with Gasteiger partial charge < -0.3 is 0 Å². The third kappa shape index (κ3) is 1.18. The maximum absolute atomic E-state index is 4.25. The molecule has 0 aliphatic rings. The molecule has 0 bridgehead atoms. The predicted octanol–water partition coefficient (Wildman–Crippen LogP) is 4.07. The van der Waals surface area contributed by atoms with Crippen LogP contribution < -0.4 is 0 Å². The first-order valence-electron chi connectivity index (χ1n) is 5.00. The van der Waals surface area contributed by atoms with Crippen molar-refractivity contribution in [2.45, 2.75) is 13.8 Å². The van der Waals surface area contributed by atoms with Crippen molar-refractivity contribution in [3.05, 3.63) is 41.7 Å². The zero-order valence-corrected chi connectivity index (χ0v) is 9.56. The van der Waals surface area contributed by atoms with Gasteiger partial charge in [-0.15, -0.1) is 11.3 Å². The third-order valence-electron chi connectivity index (χ3n) is 2.79. The van der Waals surface area contributed by atoms with Gasteiger partial charge in [-0.05, 0) is 25.0 Å². The van der Waals surface area contributed by atoms with E-state index in [2.05, 4.69) is 37.0 Å². The van der Waals surface area contributed by atoms with E-state index in [4.69, 9.17) is 0 Å². The van der Waals surface area contributed by atoms with Crippen LogP contribution >= 0.6 is 11.3 Å². The second-order valence-electron chi connectivity index (χ2n) is 3.88. The van der Waals surface area contributed by atoms with Crippen molar-refractivity contribution in [1.82, 2.24) is 4.98 Å². The fourth-order valence-electron chi connectivity index (χ4n) is 2.06. The molecule has 3 aromatic rings. The summed E-state index contributed by atoms with van der Waals surface area (Å²) in [6.45, 7) is 4.30. The third-order valence-corrected chi connectivity index (χ3v) is 4.07. The summed E-state index contributed by atoms with van der Waals surface area (Å²) < 4.78 is 2.68. The maximum atomic E-state index is 4.25. The van der Waals surface area contributed by atoms with E-state index in [-0.39, 0.29) is 0 Å². The molecule has 2 heterocycles. The molecule has 0 amide bonds. The van der Waals surface area contributed by atoms with Crippen LogP contribution in [0.1, 0.15) is 11.1 Å². The lowest BCUT2D eigenvalue weighted by Crippen LogP contribution is -1.77. The molecule has 2 aromatic heterocycles. The number of fused-ring (bicyclic) bond motifs is 3. The molecular formula is C13H11NS. The molecule has 0 unspecified atom stereocenters. The van der Waals surface area contributed by atoms with Gasteiger partial charge in [0.1, 0.15) is 0 Å². The summed E-state index contributed by atoms with van der Waals surface area (Å²) >= 11 is 1.84. The normalized spacial score (nSPS) is 11.3. The van der Waals surface area contributed by atoms with E-state index in [9.17, 15) is 0 Å². The standard InChI is InChI=1S/C13H11NS/c1-8-4-3-5-10-12-9(2)6-14-7-11(12)15-13(8)10/h3-7H,1-2H3. The van der Waals surface area contributed by atoms with Crippen molar-refractivity contribution in [2.75, 3.05) is 0 Å². The number of nitrogens with zero attached hydrogens (tertiary/aromatic N) is 1. The van der Waals surface area contributed by atoms with Gasteiger partial charge in [0.05, 0.1) is 4.70 Å². The van der Waals surface area contributed by atoms with Gasteiger partial charge in [0, 0.05) is 27.9 Å². The van der Waals surface area contributed by atoms with Crippen molar-refractivity contribution in [2.24, 2.45) is 0 Å². The number of hydrogen-bond acceptors (Lipinski definition) is 2. The Labute approximate surface area is 92.4 Å². The van der Waals surface area contributed by atoms with Crippen molar-refractivity contribution < 1.29 is 0 Å². The number of pyridine rings is 1. The first-order valence-corrected chi connectivity index (χ1v) is 5.81. The van der Waals surface area contributed by atoms with Gasteiger partial charge in [-0.3, -0.25) is 4.98 Å². The Bertz CT molecular complexity index is 652. The molecule has 0 spiro atoms. The van der Waals surface area contributed by atoms with Crippen LogP contribution in [0, 0.1) is 13.8 Å². The Kier molecular flexibility index (Phi) is 1.80. The summed E-state index contributed by atoms with van der Waals surface area (Å²) in [5, 5.41) is 2.74. The highest BCUT2D eigenvalue weighted by atomic mass is 32.1. The van der Waals surface area contributed by atoms with Gasteiger partial charge in [0.2, 0.25) is 0 Å². The number of aryl methyl sites for hydroxylation is 2. The average Bonchev–Trinajstić information content (AvgIpc) is 2.59. The topological polar surface area (TPSA) is 12.9 Å². The van der Waals surface area contributed by atoms with E-state index in [1.165, 1.54) is 31.3 Å². The average molecular weight is 213 g/mol. The maximum Gasteiger partial charge on any atom is 0.0541 e. The Morgan fingerprint density at radius 3 is 2.80 bits per heavy atom. The number of rotatable bonds is 0. The SMILES string of the molecule is Cc1cccc2c1sc1cncc(C)c12. The minimum Gasteiger partial charge on any atom is -0.263 e.